The normalized spacial score (nSPS) is 11.3. The van der Waals surface area contributed by atoms with Gasteiger partial charge in [-0.3, -0.25) is 0 Å². The Kier molecular flexibility index (Phi) is 3.25. The van der Waals surface area contributed by atoms with E-state index < -0.39 is 6.36 Å². The van der Waals surface area contributed by atoms with Gasteiger partial charge in [-0.05, 0) is 35.4 Å². The minimum absolute atomic E-state index is 0.264. The zero-order chi connectivity index (χ0) is 14.0. The number of benzene rings is 2. The maximum absolute atomic E-state index is 12.0. The molecular formula is C13H11F3N2O. The van der Waals surface area contributed by atoms with E-state index >= 15 is 0 Å². The Morgan fingerprint density at radius 1 is 0.789 bits per heavy atom. The van der Waals surface area contributed by atoms with Crippen LogP contribution in [0.3, 0.4) is 0 Å². The number of alkyl halides is 3. The van der Waals surface area contributed by atoms with E-state index in [-0.39, 0.29) is 5.75 Å². The maximum atomic E-state index is 12.0. The lowest BCUT2D eigenvalue weighted by Crippen LogP contribution is -2.16. The first kappa shape index (κ1) is 13.1. The van der Waals surface area contributed by atoms with Crippen molar-refractivity contribution in [1.29, 1.82) is 0 Å². The van der Waals surface area contributed by atoms with Crippen molar-refractivity contribution in [3.63, 3.8) is 0 Å². The molecule has 0 fully saturated rings. The Morgan fingerprint density at radius 2 is 1.37 bits per heavy atom. The molecule has 2 aromatic rings. The van der Waals surface area contributed by atoms with Gasteiger partial charge in [0.05, 0.1) is 11.4 Å². The van der Waals surface area contributed by atoms with E-state index in [1.807, 2.05) is 0 Å². The van der Waals surface area contributed by atoms with Gasteiger partial charge in [0.15, 0.2) is 0 Å². The second kappa shape index (κ2) is 4.72. The zero-order valence-electron chi connectivity index (χ0n) is 9.74. The first-order chi connectivity index (χ1) is 8.85. The van der Waals surface area contributed by atoms with Gasteiger partial charge in [-0.2, -0.15) is 0 Å². The molecule has 4 N–H and O–H groups in total. The largest absolute Gasteiger partial charge is 0.573 e. The lowest BCUT2D eigenvalue weighted by Gasteiger charge is -2.10. The highest BCUT2D eigenvalue weighted by Gasteiger charge is 2.30. The smallest absolute Gasteiger partial charge is 0.406 e. The third-order valence-corrected chi connectivity index (χ3v) is 2.51. The highest BCUT2D eigenvalue weighted by atomic mass is 19.4. The number of nitrogen functional groups attached to an aromatic ring is 2. The van der Waals surface area contributed by atoms with Crippen LogP contribution in [-0.2, 0) is 0 Å². The molecule has 0 amide bonds. The Balaban J connectivity index is 2.25. The number of ether oxygens (including phenoxy) is 1. The lowest BCUT2D eigenvalue weighted by molar-refractivity contribution is -0.274. The minimum atomic E-state index is -4.69. The molecule has 0 bridgehead atoms. The van der Waals surface area contributed by atoms with Gasteiger partial charge in [0.25, 0.3) is 0 Å². The van der Waals surface area contributed by atoms with Gasteiger partial charge in [0.2, 0.25) is 0 Å². The number of rotatable bonds is 2. The van der Waals surface area contributed by atoms with Gasteiger partial charge in [-0.1, -0.05) is 18.2 Å². The van der Waals surface area contributed by atoms with Crippen molar-refractivity contribution in [2.24, 2.45) is 0 Å². The second-order valence-electron chi connectivity index (χ2n) is 3.92. The van der Waals surface area contributed by atoms with Crippen molar-refractivity contribution in [3.8, 4) is 16.9 Å². The summed E-state index contributed by atoms with van der Waals surface area (Å²) >= 11 is 0. The number of halogens is 3. The Hall–Kier alpha value is -2.37. The van der Waals surface area contributed by atoms with Crippen molar-refractivity contribution >= 4 is 11.4 Å². The highest BCUT2D eigenvalue weighted by Crippen LogP contribution is 2.28. The van der Waals surface area contributed by atoms with Crippen molar-refractivity contribution in [1.82, 2.24) is 0 Å². The third-order valence-electron chi connectivity index (χ3n) is 2.51. The first-order valence-corrected chi connectivity index (χ1v) is 5.36. The summed E-state index contributed by atoms with van der Waals surface area (Å²) in [5.41, 5.74) is 13.6. The second-order valence-corrected chi connectivity index (χ2v) is 3.92. The van der Waals surface area contributed by atoms with Crippen molar-refractivity contribution < 1.29 is 17.9 Å². The number of anilines is 2. The predicted molar refractivity (Wildman–Crippen MR) is 67.4 cm³/mol. The molecule has 6 heteroatoms. The van der Waals surface area contributed by atoms with Crippen molar-refractivity contribution in [2.75, 3.05) is 11.5 Å². The summed E-state index contributed by atoms with van der Waals surface area (Å²) in [5.74, 6) is -0.264. The molecule has 19 heavy (non-hydrogen) atoms. The summed E-state index contributed by atoms with van der Waals surface area (Å²) in [7, 11) is 0. The first-order valence-electron chi connectivity index (χ1n) is 5.36. The maximum Gasteiger partial charge on any atom is 0.573 e. The van der Waals surface area contributed by atoms with Gasteiger partial charge in [-0.25, -0.2) is 0 Å². The van der Waals surface area contributed by atoms with Crippen LogP contribution in [0.2, 0.25) is 0 Å². The van der Waals surface area contributed by atoms with Crippen LogP contribution in [0, 0.1) is 0 Å². The molecule has 2 aromatic carbocycles. The van der Waals surface area contributed by atoms with Crippen LogP contribution >= 0.6 is 0 Å². The summed E-state index contributed by atoms with van der Waals surface area (Å²) in [6.07, 6.45) is -4.69. The van der Waals surface area contributed by atoms with Crippen molar-refractivity contribution in [2.45, 2.75) is 6.36 Å². The molecule has 100 valence electrons. The molecule has 0 aliphatic carbocycles. The van der Waals surface area contributed by atoms with E-state index in [4.69, 9.17) is 11.5 Å². The summed E-state index contributed by atoms with van der Waals surface area (Å²) < 4.78 is 39.8. The number of nitrogens with two attached hydrogens (primary N) is 2. The van der Waals surface area contributed by atoms with Crippen LogP contribution in [0.5, 0.6) is 5.75 Å². The lowest BCUT2D eigenvalue weighted by atomic mass is 10.0. The molecule has 0 saturated heterocycles. The molecule has 0 spiro atoms. The van der Waals surface area contributed by atoms with Crippen LogP contribution in [0.15, 0.2) is 42.5 Å². The van der Waals surface area contributed by atoms with E-state index in [2.05, 4.69) is 4.74 Å². The van der Waals surface area contributed by atoms with Crippen LogP contribution in [-0.4, -0.2) is 6.36 Å². The fourth-order valence-electron chi connectivity index (χ4n) is 1.60. The molecule has 2 rings (SSSR count). The van der Waals surface area contributed by atoms with Crippen LogP contribution < -0.4 is 16.2 Å². The monoisotopic (exact) mass is 268 g/mol. The summed E-state index contributed by atoms with van der Waals surface area (Å²) in [6.45, 7) is 0. The summed E-state index contributed by atoms with van der Waals surface area (Å²) in [6, 6.07) is 10.6. The van der Waals surface area contributed by atoms with Crippen LogP contribution in [0.1, 0.15) is 0 Å². The summed E-state index contributed by atoms with van der Waals surface area (Å²) in [4.78, 5) is 0. The molecule has 0 radical (unpaired) electrons. The molecule has 0 aliphatic rings. The number of hydrogen-bond acceptors (Lipinski definition) is 3. The Morgan fingerprint density at radius 3 is 1.89 bits per heavy atom. The molecule has 0 atom stereocenters. The average molecular weight is 268 g/mol. The fraction of sp³-hybridized carbons (Fsp3) is 0.0769. The molecule has 0 heterocycles. The highest BCUT2D eigenvalue weighted by molar-refractivity contribution is 5.74. The molecule has 0 saturated carbocycles. The van der Waals surface area contributed by atoms with Gasteiger partial charge >= 0.3 is 6.36 Å². The SMILES string of the molecule is Nc1ccc(-c2ccc(OC(F)(F)F)cc2)cc1N. The van der Waals surface area contributed by atoms with Crippen molar-refractivity contribution in [3.05, 3.63) is 42.5 Å². The Bertz CT molecular complexity index is 579. The van der Waals surface area contributed by atoms with E-state index in [0.29, 0.717) is 11.4 Å². The number of hydrogen-bond donors (Lipinski definition) is 2. The molecular weight excluding hydrogens is 257 g/mol. The van der Waals surface area contributed by atoms with E-state index in [0.717, 1.165) is 11.1 Å². The van der Waals surface area contributed by atoms with Gasteiger partial charge < -0.3 is 16.2 Å². The fourth-order valence-corrected chi connectivity index (χ4v) is 1.60. The van der Waals surface area contributed by atoms with Crippen LogP contribution in [0.25, 0.3) is 11.1 Å². The minimum Gasteiger partial charge on any atom is -0.406 e. The molecule has 0 aliphatic heterocycles. The third kappa shape index (κ3) is 3.31. The predicted octanol–water partition coefficient (Wildman–Crippen LogP) is 3.42. The molecule has 3 nitrogen and oxygen atoms in total. The van der Waals surface area contributed by atoms with Gasteiger partial charge in [0, 0.05) is 0 Å². The standard InChI is InChI=1S/C13H11F3N2O/c14-13(15,16)19-10-4-1-8(2-5-10)9-3-6-11(17)12(18)7-9/h1-7H,17-18H2. The molecule has 0 aromatic heterocycles. The van der Waals surface area contributed by atoms with E-state index in [1.165, 1.54) is 24.3 Å². The van der Waals surface area contributed by atoms with Gasteiger partial charge in [0.1, 0.15) is 5.75 Å². The quantitative estimate of drug-likeness (QED) is 0.820. The van der Waals surface area contributed by atoms with Gasteiger partial charge in [-0.15, -0.1) is 13.2 Å². The Labute approximate surface area is 107 Å². The zero-order valence-corrected chi connectivity index (χ0v) is 9.74. The topological polar surface area (TPSA) is 61.3 Å². The van der Waals surface area contributed by atoms with E-state index in [1.54, 1.807) is 18.2 Å². The average Bonchev–Trinajstić information content (AvgIpc) is 2.32. The molecule has 0 unspecified atom stereocenters. The summed E-state index contributed by atoms with van der Waals surface area (Å²) in [5, 5.41) is 0. The van der Waals surface area contributed by atoms with E-state index in [9.17, 15) is 13.2 Å². The van der Waals surface area contributed by atoms with Crippen LogP contribution in [0.4, 0.5) is 24.5 Å².